The molecule has 23 heavy (non-hydrogen) atoms. The molecule has 0 saturated carbocycles. The maximum absolute atomic E-state index is 6.68. The summed E-state index contributed by atoms with van der Waals surface area (Å²) in [6.07, 6.45) is 0. The number of thiazole rings is 1. The van der Waals surface area contributed by atoms with Crippen molar-refractivity contribution >= 4 is 55.1 Å². The summed E-state index contributed by atoms with van der Waals surface area (Å²) in [4.78, 5) is 4.76. The van der Waals surface area contributed by atoms with Crippen LogP contribution in [0.1, 0.15) is 0 Å². The number of rotatable bonds is 1. The maximum atomic E-state index is 6.68. The van der Waals surface area contributed by atoms with Crippen molar-refractivity contribution in [1.29, 1.82) is 0 Å². The maximum Gasteiger partial charge on any atom is 0.138 e. The zero-order valence-corrected chi connectivity index (χ0v) is 13.5. The van der Waals surface area contributed by atoms with E-state index in [2.05, 4.69) is 12.1 Å². The first-order valence-corrected chi connectivity index (χ1v) is 8.46. The van der Waals surface area contributed by atoms with Crippen LogP contribution in [0.4, 0.5) is 0 Å². The molecule has 5 aromatic rings. The number of nitrogens with zero attached hydrogens (tertiary/aromatic N) is 1. The highest BCUT2D eigenvalue weighted by Crippen LogP contribution is 2.41. The van der Waals surface area contributed by atoms with Gasteiger partial charge in [0.2, 0.25) is 0 Å². The van der Waals surface area contributed by atoms with Gasteiger partial charge in [-0.1, -0.05) is 60.1 Å². The van der Waals surface area contributed by atoms with Crippen molar-refractivity contribution in [2.24, 2.45) is 0 Å². The van der Waals surface area contributed by atoms with Crippen molar-refractivity contribution < 1.29 is 4.42 Å². The van der Waals surface area contributed by atoms with Gasteiger partial charge in [0, 0.05) is 22.4 Å². The lowest BCUT2D eigenvalue weighted by Gasteiger charge is -1.95. The Morgan fingerprint density at radius 1 is 0.913 bits per heavy atom. The molecule has 0 saturated heterocycles. The summed E-state index contributed by atoms with van der Waals surface area (Å²) in [5, 5.41) is 3.61. The quantitative estimate of drug-likeness (QED) is 0.348. The monoisotopic (exact) mass is 335 g/mol. The Bertz CT molecular complexity index is 1170. The topological polar surface area (TPSA) is 26.0 Å². The summed E-state index contributed by atoms with van der Waals surface area (Å²) in [6, 6.07) is 20.2. The Morgan fingerprint density at radius 2 is 1.70 bits per heavy atom. The van der Waals surface area contributed by atoms with Crippen LogP contribution in [-0.4, -0.2) is 4.98 Å². The van der Waals surface area contributed by atoms with Crippen LogP contribution in [0.25, 0.3) is 42.7 Å². The molecule has 0 bridgehead atoms. The Kier molecular flexibility index (Phi) is 2.75. The molecule has 2 aromatic heterocycles. The van der Waals surface area contributed by atoms with Crippen molar-refractivity contribution in [1.82, 2.24) is 4.98 Å². The van der Waals surface area contributed by atoms with Crippen LogP contribution in [-0.2, 0) is 0 Å². The van der Waals surface area contributed by atoms with E-state index in [-0.39, 0.29) is 0 Å². The molecule has 0 atom stereocenters. The molecule has 0 amide bonds. The second kappa shape index (κ2) is 4.82. The Balaban J connectivity index is 1.87. The van der Waals surface area contributed by atoms with E-state index in [1.807, 2.05) is 48.5 Å². The van der Waals surface area contributed by atoms with Gasteiger partial charge >= 0.3 is 0 Å². The molecule has 0 aliphatic carbocycles. The van der Waals surface area contributed by atoms with E-state index in [4.69, 9.17) is 21.0 Å². The van der Waals surface area contributed by atoms with Crippen molar-refractivity contribution in [3.8, 4) is 10.6 Å². The summed E-state index contributed by atoms with van der Waals surface area (Å²) >= 11 is 8.31. The zero-order valence-electron chi connectivity index (χ0n) is 11.9. The van der Waals surface area contributed by atoms with Gasteiger partial charge in [0.25, 0.3) is 0 Å². The molecule has 2 heterocycles. The van der Waals surface area contributed by atoms with Crippen molar-refractivity contribution in [2.75, 3.05) is 0 Å². The van der Waals surface area contributed by atoms with Crippen LogP contribution in [0, 0.1) is 0 Å². The second-order valence-electron chi connectivity index (χ2n) is 5.39. The molecular formula is C19H10ClNOS. The van der Waals surface area contributed by atoms with Crippen LogP contribution in [0.3, 0.4) is 0 Å². The summed E-state index contributed by atoms with van der Waals surface area (Å²) < 4.78 is 6.99. The third-order valence-electron chi connectivity index (χ3n) is 3.99. The smallest absolute Gasteiger partial charge is 0.138 e. The molecule has 0 radical (unpaired) electrons. The van der Waals surface area contributed by atoms with Crippen molar-refractivity contribution in [3.05, 3.63) is 65.7 Å². The van der Waals surface area contributed by atoms with E-state index >= 15 is 0 Å². The Labute approximate surface area is 140 Å². The lowest BCUT2D eigenvalue weighted by molar-refractivity contribution is 0.669. The third-order valence-corrected chi connectivity index (χ3v) is 5.41. The molecule has 5 rings (SSSR count). The largest absolute Gasteiger partial charge is 0.456 e. The summed E-state index contributed by atoms with van der Waals surface area (Å²) in [6.45, 7) is 0. The first kappa shape index (κ1) is 13.1. The average molecular weight is 336 g/mol. The van der Waals surface area contributed by atoms with Crippen LogP contribution in [0.2, 0.25) is 5.02 Å². The van der Waals surface area contributed by atoms with Gasteiger partial charge in [-0.15, -0.1) is 11.3 Å². The van der Waals surface area contributed by atoms with Gasteiger partial charge in [-0.25, -0.2) is 4.98 Å². The van der Waals surface area contributed by atoms with Gasteiger partial charge in [-0.2, -0.15) is 0 Å². The zero-order chi connectivity index (χ0) is 15.4. The SMILES string of the molecule is Clc1c2nc(-c3ccccc3)sc2cc2oc3ccccc3c12. The molecular weight excluding hydrogens is 326 g/mol. The molecule has 0 unspecified atom stereocenters. The minimum atomic E-state index is 0.667. The molecule has 0 spiro atoms. The number of benzene rings is 3. The summed E-state index contributed by atoms with van der Waals surface area (Å²) in [5.74, 6) is 0. The Hall–Kier alpha value is -2.36. The number of furan rings is 1. The number of fused-ring (bicyclic) bond motifs is 4. The Morgan fingerprint density at radius 3 is 2.57 bits per heavy atom. The standard InChI is InChI=1S/C19H10ClNOS/c20-17-16-12-8-4-5-9-13(12)22-14(16)10-15-18(17)21-19(23-15)11-6-2-1-3-7-11/h1-10H. The average Bonchev–Trinajstić information content (AvgIpc) is 3.17. The second-order valence-corrected chi connectivity index (χ2v) is 6.80. The van der Waals surface area contributed by atoms with Crippen molar-refractivity contribution in [2.45, 2.75) is 0 Å². The van der Waals surface area contributed by atoms with Gasteiger partial charge in [0.05, 0.1) is 9.72 Å². The van der Waals surface area contributed by atoms with Crippen LogP contribution in [0.5, 0.6) is 0 Å². The minimum Gasteiger partial charge on any atom is -0.456 e. The highest BCUT2D eigenvalue weighted by Gasteiger charge is 2.17. The van der Waals surface area contributed by atoms with Gasteiger partial charge in [-0.05, 0) is 6.07 Å². The van der Waals surface area contributed by atoms with E-state index in [0.717, 1.165) is 42.7 Å². The highest BCUT2D eigenvalue weighted by molar-refractivity contribution is 7.21. The van der Waals surface area contributed by atoms with Crippen LogP contribution in [0.15, 0.2) is 65.1 Å². The molecule has 110 valence electrons. The lowest BCUT2D eigenvalue weighted by atomic mass is 10.1. The van der Waals surface area contributed by atoms with E-state index in [0.29, 0.717) is 5.02 Å². The molecule has 0 aliphatic heterocycles. The van der Waals surface area contributed by atoms with Gasteiger partial charge in [-0.3, -0.25) is 0 Å². The third kappa shape index (κ3) is 1.90. The highest BCUT2D eigenvalue weighted by atomic mass is 35.5. The number of hydrogen-bond acceptors (Lipinski definition) is 3. The number of para-hydroxylation sites is 1. The van der Waals surface area contributed by atoms with E-state index in [9.17, 15) is 0 Å². The number of aromatic nitrogens is 1. The fourth-order valence-electron chi connectivity index (χ4n) is 2.92. The summed E-state index contributed by atoms with van der Waals surface area (Å²) in [7, 11) is 0. The first-order valence-electron chi connectivity index (χ1n) is 7.27. The first-order chi connectivity index (χ1) is 11.3. The predicted molar refractivity (Wildman–Crippen MR) is 97.3 cm³/mol. The number of hydrogen-bond donors (Lipinski definition) is 0. The van der Waals surface area contributed by atoms with Crippen molar-refractivity contribution in [3.63, 3.8) is 0 Å². The lowest BCUT2D eigenvalue weighted by Crippen LogP contribution is -1.76. The van der Waals surface area contributed by atoms with Gasteiger partial charge in [0.15, 0.2) is 0 Å². The molecule has 3 aromatic carbocycles. The fraction of sp³-hybridized carbons (Fsp3) is 0. The molecule has 4 heteroatoms. The van der Waals surface area contributed by atoms with Crippen LogP contribution < -0.4 is 0 Å². The molecule has 2 nitrogen and oxygen atoms in total. The van der Waals surface area contributed by atoms with Gasteiger partial charge in [0.1, 0.15) is 21.7 Å². The molecule has 0 aliphatic rings. The van der Waals surface area contributed by atoms with Gasteiger partial charge < -0.3 is 4.42 Å². The minimum absolute atomic E-state index is 0.667. The summed E-state index contributed by atoms with van der Waals surface area (Å²) in [5.41, 5.74) is 3.61. The normalized spacial score (nSPS) is 11.7. The predicted octanol–water partition coefficient (Wildman–Crippen LogP) is 6.52. The fourth-order valence-corrected chi connectivity index (χ4v) is 4.33. The van der Waals surface area contributed by atoms with Crippen LogP contribution >= 0.6 is 22.9 Å². The molecule has 0 fully saturated rings. The van der Waals surface area contributed by atoms with E-state index in [1.54, 1.807) is 11.3 Å². The number of halogens is 1. The van der Waals surface area contributed by atoms with E-state index in [1.165, 1.54) is 0 Å². The van der Waals surface area contributed by atoms with E-state index < -0.39 is 0 Å². The molecule has 0 N–H and O–H groups in total.